The molecule has 2 N–H and O–H groups in total. The van der Waals surface area contributed by atoms with Gasteiger partial charge in [-0.05, 0) is 12.1 Å². The van der Waals surface area contributed by atoms with Crippen molar-refractivity contribution in [3.05, 3.63) is 30.2 Å². The normalized spacial score (nSPS) is 15.6. The third-order valence-corrected chi connectivity index (χ3v) is 3.89. The molecule has 1 saturated heterocycles. The lowest BCUT2D eigenvalue weighted by Crippen LogP contribution is -2.30. The molecule has 18 heavy (non-hydrogen) atoms. The highest BCUT2D eigenvalue weighted by Gasteiger charge is 2.22. The van der Waals surface area contributed by atoms with Gasteiger partial charge in [-0.3, -0.25) is 0 Å². The second-order valence-corrected chi connectivity index (χ2v) is 5.33. The molecule has 2 aromatic rings. The van der Waals surface area contributed by atoms with Crippen molar-refractivity contribution in [1.82, 2.24) is 10.1 Å². The van der Waals surface area contributed by atoms with Gasteiger partial charge in [-0.2, -0.15) is 4.98 Å². The predicted molar refractivity (Wildman–Crippen MR) is 68.1 cm³/mol. The quantitative estimate of drug-likeness (QED) is 0.904. The number of hydrogen-bond donors (Lipinski definition) is 1. The van der Waals surface area contributed by atoms with E-state index in [4.69, 9.17) is 15.0 Å². The number of ether oxygens (including phenoxy) is 1. The molecule has 0 aliphatic carbocycles. The molecule has 94 valence electrons. The zero-order valence-corrected chi connectivity index (χ0v) is 10.5. The molecule has 1 aromatic heterocycles. The van der Waals surface area contributed by atoms with Crippen molar-refractivity contribution < 1.29 is 9.26 Å². The van der Waals surface area contributed by atoms with Gasteiger partial charge in [0.05, 0.1) is 25.0 Å². The van der Waals surface area contributed by atoms with Gasteiger partial charge in [-0.25, -0.2) is 0 Å². The predicted octanol–water partition coefficient (Wildman–Crippen LogP) is 1.69. The summed E-state index contributed by atoms with van der Waals surface area (Å²) in [6.45, 7) is 1.87. The zero-order chi connectivity index (χ0) is 12.4. The number of nitrogens with zero attached hydrogens (tertiary/aromatic N) is 2. The second-order valence-electron chi connectivity index (χ2n) is 3.99. The second kappa shape index (κ2) is 5.09. The smallest absolute Gasteiger partial charge is 0.240 e. The standard InChI is InChI=1S/C12H13N3O2S/c13-5-11-14-12(15-17-11)9-3-1-2-4-10(9)18-8-6-16-7-8/h1-4,8H,5-7,13H2. The monoisotopic (exact) mass is 263 g/mol. The SMILES string of the molecule is NCc1nc(-c2ccccc2SC2COC2)no1. The van der Waals surface area contributed by atoms with Crippen molar-refractivity contribution in [3.63, 3.8) is 0 Å². The Morgan fingerprint density at radius 2 is 2.17 bits per heavy atom. The number of thioether (sulfide) groups is 1. The summed E-state index contributed by atoms with van der Waals surface area (Å²) >= 11 is 1.79. The van der Waals surface area contributed by atoms with Crippen LogP contribution in [0.25, 0.3) is 11.4 Å². The lowest BCUT2D eigenvalue weighted by Gasteiger charge is -2.25. The highest BCUT2D eigenvalue weighted by atomic mass is 32.2. The van der Waals surface area contributed by atoms with E-state index in [2.05, 4.69) is 16.2 Å². The minimum Gasteiger partial charge on any atom is -0.379 e. The van der Waals surface area contributed by atoms with E-state index in [9.17, 15) is 0 Å². The fraction of sp³-hybridized carbons (Fsp3) is 0.333. The lowest BCUT2D eigenvalue weighted by atomic mass is 10.2. The van der Waals surface area contributed by atoms with Gasteiger partial charge < -0.3 is 15.0 Å². The number of hydrogen-bond acceptors (Lipinski definition) is 6. The van der Waals surface area contributed by atoms with Crippen LogP contribution in [-0.2, 0) is 11.3 Å². The lowest BCUT2D eigenvalue weighted by molar-refractivity contribution is 0.0455. The van der Waals surface area contributed by atoms with Gasteiger partial charge in [-0.1, -0.05) is 17.3 Å². The molecule has 6 heteroatoms. The van der Waals surface area contributed by atoms with Crippen LogP contribution in [0.3, 0.4) is 0 Å². The fourth-order valence-corrected chi connectivity index (χ4v) is 2.79. The Hall–Kier alpha value is -1.37. The maximum atomic E-state index is 5.47. The largest absolute Gasteiger partial charge is 0.379 e. The highest BCUT2D eigenvalue weighted by molar-refractivity contribution is 8.00. The highest BCUT2D eigenvalue weighted by Crippen LogP contribution is 2.34. The molecule has 0 amide bonds. The van der Waals surface area contributed by atoms with Crippen LogP contribution < -0.4 is 5.73 Å². The van der Waals surface area contributed by atoms with Crippen LogP contribution in [0.5, 0.6) is 0 Å². The van der Waals surface area contributed by atoms with Crippen LogP contribution in [0.2, 0.25) is 0 Å². The van der Waals surface area contributed by atoms with Gasteiger partial charge in [0.15, 0.2) is 0 Å². The van der Waals surface area contributed by atoms with Crippen LogP contribution in [0.4, 0.5) is 0 Å². The van der Waals surface area contributed by atoms with E-state index in [1.165, 1.54) is 0 Å². The molecule has 5 nitrogen and oxygen atoms in total. The van der Waals surface area contributed by atoms with Gasteiger partial charge >= 0.3 is 0 Å². The summed E-state index contributed by atoms with van der Waals surface area (Å²) in [6.07, 6.45) is 0. The van der Waals surface area contributed by atoms with Gasteiger partial charge in [-0.15, -0.1) is 11.8 Å². The number of aromatic nitrogens is 2. The van der Waals surface area contributed by atoms with Crippen LogP contribution in [0, 0.1) is 0 Å². The number of rotatable bonds is 4. The van der Waals surface area contributed by atoms with Crippen molar-refractivity contribution in [1.29, 1.82) is 0 Å². The van der Waals surface area contributed by atoms with E-state index < -0.39 is 0 Å². The Morgan fingerprint density at radius 3 is 2.83 bits per heavy atom. The van der Waals surface area contributed by atoms with Crippen LogP contribution in [0.15, 0.2) is 33.7 Å². The van der Waals surface area contributed by atoms with E-state index in [0.717, 1.165) is 23.7 Å². The third kappa shape index (κ3) is 2.27. The maximum absolute atomic E-state index is 5.47. The van der Waals surface area contributed by atoms with Crippen molar-refractivity contribution in [2.24, 2.45) is 5.73 Å². The molecule has 0 atom stereocenters. The molecule has 1 fully saturated rings. The summed E-state index contributed by atoms with van der Waals surface area (Å²) in [4.78, 5) is 5.41. The summed E-state index contributed by atoms with van der Waals surface area (Å²) in [6, 6.07) is 8.04. The summed E-state index contributed by atoms with van der Waals surface area (Å²) in [5.41, 5.74) is 6.46. The Bertz CT molecular complexity index is 540. The Balaban J connectivity index is 1.89. The molecule has 0 bridgehead atoms. The zero-order valence-electron chi connectivity index (χ0n) is 9.70. The van der Waals surface area contributed by atoms with Crippen LogP contribution in [-0.4, -0.2) is 28.6 Å². The van der Waals surface area contributed by atoms with Crippen LogP contribution >= 0.6 is 11.8 Å². The number of benzene rings is 1. The fourth-order valence-electron chi connectivity index (χ4n) is 1.66. The first-order valence-electron chi connectivity index (χ1n) is 5.73. The molecule has 0 saturated carbocycles. The van der Waals surface area contributed by atoms with Crippen molar-refractivity contribution in [3.8, 4) is 11.4 Å². The Morgan fingerprint density at radius 1 is 1.33 bits per heavy atom. The molecule has 3 rings (SSSR count). The third-order valence-electron chi connectivity index (χ3n) is 2.67. The molecule has 1 aromatic carbocycles. The summed E-state index contributed by atoms with van der Waals surface area (Å²) < 4.78 is 10.2. The molecular formula is C12H13N3O2S. The molecule has 0 spiro atoms. The average Bonchev–Trinajstić information content (AvgIpc) is 2.83. The summed E-state index contributed by atoms with van der Waals surface area (Å²) in [7, 11) is 0. The first-order chi connectivity index (χ1) is 8.86. The minimum atomic E-state index is 0.263. The van der Waals surface area contributed by atoms with E-state index in [1.807, 2.05) is 18.2 Å². The summed E-state index contributed by atoms with van der Waals surface area (Å²) in [5.74, 6) is 1.05. The van der Waals surface area contributed by atoms with Crippen LogP contribution in [0.1, 0.15) is 5.89 Å². The topological polar surface area (TPSA) is 74.2 Å². The van der Waals surface area contributed by atoms with E-state index >= 15 is 0 Å². The van der Waals surface area contributed by atoms with E-state index in [1.54, 1.807) is 11.8 Å². The first kappa shape index (κ1) is 11.7. The molecular weight excluding hydrogens is 250 g/mol. The average molecular weight is 263 g/mol. The Labute approximate surface area is 109 Å². The van der Waals surface area contributed by atoms with Gasteiger partial charge in [0, 0.05) is 10.5 Å². The van der Waals surface area contributed by atoms with E-state index in [0.29, 0.717) is 17.0 Å². The van der Waals surface area contributed by atoms with Crippen molar-refractivity contribution in [2.45, 2.75) is 16.7 Å². The maximum Gasteiger partial charge on any atom is 0.240 e. The van der Waals surface area contributed by atoms with E-state index in [-0.39, 0.29) is 6.54 Å². The van der Waals surface area contributed by atoms with Gasteiger partial charge in [0.25, 0.3) is 0 Å². The molecule has 1 aliphatic rings. The molecule has 0 unspecified atom stereocenters. The van der Waals surface area contributed by atoms with Gasteiger partial charge in [0.1, 0.15) is 0 Å². The van der Waals surface area contributed by atoms with Crippen molar-refractivity contribution >= 4 is 11.8 Å². The van der Waals surface area contributed by atoms with Gasteiger partial charge in [0.2, 0.25) is 11.7 Å². The summed E-state index contributed by atoms with van der Waals surface area (Å²) in [5, 5.41) is 4.48. The number of nitrogens with two attached hydrogens (primary N) is 1. The molecule has 2 heterocycles. The molecule has 1 aliphatic heterocycles. The van der Waals surface area contributed by atoms with Crippen molar-refractivity contribution in [2.75, 3.05) is 13.2 Å². The molecule has 0 radical (unpaired) electrons. The first-order valence-corrected chi connectivity index (χ1v) is 6.61. The Kier molecular flexibility index (Phi) is 3.31. The minimum absolute atomic E-state index is 0.263.